The molecule has 12 heavy (non-hydrogen) atoms. The molecular formula is C8H8N2OS. The van der Waals surface area contributed by atoms with Crippen molar-refractivity contribution in [3.8, 4) is 17.9 Å². The number of nitrogens with zero attached hydrogens (tertiary/aromatic N) is 2. The second-order valence-electron chi connectivity index (χ2n) is 1.92. The second kappa shape index (κ2) is 4.62. The van der Waals surface area contributed by atoms with Crippen LogP contribution < -0.4 is 4.74 Å². The molecule has 0 unspecified atom stereocenters. The Morgan fingerprint density at radius 3 is 2.67 bits per heavy atom. The summed E-state index contributed by atoms with van der Waals surface area (Å²) < 4.78 is 4.79. The van der Waals surface area contributed by atoms with Gasteiger partial charge in [-0.1, -0.05) is 11.8 Å². The summed E-state index contributed by atoms with van der Waals surface area (Å²) in [7, 11) is 1.52. The van der Waals surface area contributed by atoms with Crippen LogP contribution in [0.4, 0.5) is 0 Å². The summed E-state index contributed by atoms with van der Waals surface area (Å²) in [5, 5.41) is 0. The van der Waals surface area contributed by atoms with E-state index in [2.05, 4.69) is 34.4 Å². The summed E-state index contributed by atoms with van der Waals surface area (Å²) in [4.78, 5) is 7.78. The fourth-order valence-corrected chi connectivity index (χ4v) is 0.707. The first-order valence-electron chi connectivity index (χ1n) is 3.32. The van der Waals surface area contributed by atoms with Gasteiger partial charge in [-0.25, -0.2) is 9.97 Å². The Bertz CT molecular complexity index is 299. The highest BCUT2D eigenvalue weighted by Gasteiger charge is 1.91. The lowest BCUT2D eigenvalue weighted by atomic mass is 10.3. The van der Waals surface area contributed by atoms with Crippen molar-refractivity contribution < 1.29 is 4.74 Å². The van der Waals surface area contributed by atoms with Gasteiger partial charge < -0.3 is 4.74 Å². The molecule has 1 rings (SSSR count). The van der Waals surface area contributed by atoms with Gasteiger partial charge >= 0.3 is 6.01 Å². The normalized spacial score (nSPS) is 8.50. The van der Waals surface area contributed by atoms with Crippen molar-refractivity contribution >= 4 is 12.6 Å². The number of aromatic nitrogens is 2. The van der Waals surface area contributed by atoms with E-state index in [4.69, 9.17) is 4.74 Å². The smallest absolute Gasteiger partial charge is 0.316 e. The molecule has 0 saturated carbocycles. The summed E-state index contributed by atoms with van der Waals surface area (Å²) in [5.41, 5.74) is 0.768. The molecule has 0 spiro atoms. The quantitative estimate of drug-likeness (QED) is 0.512. The second-order valence-corrected chi connectivity index (χ2v) is 2.23. The third-order valence-corrected chi connectivity index (χ3v) is 1.28. The summed E-state index contributed by atoms with van der Waals surface area (Å²) in [5.74, 6) is 6.17. The van der Waals surface area contributed by atoms with Gasteiger partial charge in [0.15, 0.2) is 0 Å². The van der Waals surface area contributed by atoms with Crippen LogP contribution in [0.15, 0.2) is 12.4 Å². The van der Waals surface area contributed by atoms with E-state index in [0.29, 0.717) is 11.8 Å². The highest BCUT2D eigenvalue weighted by Crippen LogP contribution is 1.99. The SMILES string of the molecule is COc1ncc(C#CCS)cn1. The molecule has 0 fully saturated rings. The van der Waals surface area contributed by atoms with Gasteiger partial charge in [0, 0.05) is 12.4 Å². The van der Waals surface area contributed by atoms with Gasteiger partial charge in [-0.05, 0) is 0 Å². The van der Waals surface area contributed by atoms with Crippen molar-refractivity contribution in [2.75, 3.05) is 12.9 Å². The van der Waals surface area contributed by atoms with Crippen molar-refractivity contribution in [3.63, 3.8) is 0 Å². The third-order valence-electron chi connectivity index (χ3n) is 1.12. The van der Waals surface area contributed by atoms with Gasteiger partial charge in [0.05, 0.1) is 18.4 Å². The summed E-state index contributed by atoms with van der Waals surface area (Å²) >= 11 is 3.95. The Morgan fingerprint density at radius 1 is 1.50 bits per heavy atom. The molecule has 3 nitrogen and oxygen atoms in total. The van der Waals surface area contributed by atoms with E-state index >= 15 is 0 Å². The van der Waals surface area contributed by atoms with E-state index in [1.165, 1.54) is 7.11 Å². The van der Waals surface area contributed by atoms with Gasteiger partial charge in [0.25, 0.3) is 0 Å². The zero-order valence-electron chi connectivity index (χ0n) is 6.61. The van der Waals surface area contributed by atoms with Crippen LogP contribution in [-0.2, 0) is 0 Å². The fourth-order valence-electron chi connectivity index (χ4n) is 0.628. The molecule has 4 heteroatoms. The van der Waals surface area contributed by atoms with Crippen molar-refractivity contribution in [2.24, 2.45) is 0 Å². The molecule has 1 aromatic rings. The van der Waals surface area contributed by atoms with Crippen LogP contribution in [0, 0.1) is 11.8 Å². The molecule has 0 atom stereocenters. The summed E-state index contributed by atoms with van der Waals surface area (Å²) in [6, 6.07) is 0.353. The molecule has 0 bridgehead atoms. The van der Waals surface area contributed by atoms with Gasteiger partial charge in [-0.2, -0.15) is 12.6 Å². The van der Waals surface area contributed by atoms with E-state index in [1.807, 2.05) is 0 Å². The highest BCUT2D eigenvalue weighted by atomic mass is 32.1. The minimum Gasteiger partial charge on any atom is -0.467 e. The third kappa shape index (κ3) is 2.44. The maximum atomic E-state index is 4.79. The zero-order chi connectivity index (χ0) is 8.81. The van der Waals surface area contributed by atoms with Crippen molar-refractivity contribution in [3.05, 3.63) is 18.0 Å². The molecule has 0 aliphatic heterocycles. The van der Waals surface area contributed by atoms with Crippen LogP contribution in [0.5, 0.6) is 6.01 Å². The Kier molecular flexibility index (Phi) is 3.42. The van der Waals surface area contributed by atoms with Crippen LogP contribution in [0.3, 0.4) is 0 Å². The van der Waals surface area contributed by atoms with E-state index in [-0.39, 0.29) is 0 Å². The van der Waals surface area contributed by atoms with Crippen molar-refractivity contribution in [2.45, 2.75) is 0 Å². The molecule has 1 aromatic heterocycles. The molecule has 0 saturated heterocycles. The van der Waals surface area contributed by atoms with Crippen LogP contribution >= 0.6 is 12.6 Å². The van der Waals surface area contributed by atoms with Gasteiger partial charge in [0.1, 0.15) is 0 Å². The lowest BCUT2D eigenvalue weighted by Gasteiger charge is -1.94. The van der Waals surface area contributed by atoms with Crippen LogP contribution in [0.25, 0.3) is 0 Å². The first-order valence-corrected chi connectivity index (χ1v) is 3.96. The number of hydrogen-bond donors (Lipinski definition) is 1. The molecule has 62 valence electrons. The topological polar surface area (TPSA) is 35.0 Å². The van der Waals surface area contributed by atoms with Gasteiger partial charge in [-0.3, -0.25) is 0 Å². The Morgan fingerprint density at radius 2 is 2.17 bits per heavy atom. The van der Waals surface area contributed by atoms with E-state index in [0.717, 1.165) is 5.56 Å². The predicted octanol–water partition coefficient (Wildman–Crippen LogP) is 0.766. The minimum atomic E-state index is 0.353. The number of ether oxygens (including phenoxy) is 1. The van der Waals surface area contributed by atoms with Crippen LogP contribution in [0.1, 0.15) is 5.56 Å². The van der Waals surface area contributed by atoms with Gasteiger partial charge in [-0.15, -0.1) is 0 Å². The molecule has 0 aliphatic carbocycles. The molecule has 1 heterocycles. The Balaban J connectivity index is 2.78. The van der Waals surface area contributed by atoms with Crippen molar-refractivity contribution in [1.29, 1.82) is 0 Å². The van der Waals surface area contributed by atoms with Crippen LogP contribution in [-0.4, -0.2) is 22.8 Å². The lowest BCUT2D eigenvalue weighted by molar-refractivity contribution is 0.379. The summed E-state index contributed by atoms with van der Waals surface area (Å²) in [6.07, 6.45) is 3.23. The van der Waals surface area contributed by atoms with E-state index in [1.54, 1.807) is 12.4 Å². The molecule has 0 N–H and O–H groups in total. The Hall–Kier alpha value is -1.21. The fraction of sp³-hybridized carbons (Fsp3) is 0.250. The minimum absolute atomic E-state index is 0.353. The number of hydrogen-bond acceptors (Lipinski definition) is 4. The predicted molar refractivity (Wildman–Crippen MR) is 49.3 cm³/mol. The lowest BCUT2D eigenvalue weighted by Crippen LogP contribution is -1.91. The summed E-state index contributed by atoms with van der Waals surface area (Å²) in [6.45, 7) is 0. The highest BCUT2D eigenvalue weighted by molar-refractivity contribution is 7.80. The number of methoxy groups -OCH3 is 1. The number of rotatable bonds is 1. The first-order chi connectivity index (χ1) is 5.86. The monoisotopic (exact) mass is 180 g/mol. The van der Waals surface area contributed by atoms with Crippen LogP contribution in [0.2, 0.25) is 0 Å². The Labute approximate surface area is 76.6 Å². The first kappa shape index (κ1) is 8.88. The standard InChI is InChI=1S/C8H8N2OS/c1-11-8-9-5-7(6-10-8)3-2-4-12/h5-6,12H,4H2,1H3. The molecule has 0 radical (unpaired) electrons. The molecular weight excluding hydrogens is 172 g/mol. The zero-order valence-corrected chi connectivity index (χ0v) is 7.51. The average Bonchev–Trinajstić information content (AvgIpc) is 2.15. The maximum Gasteiger partial charge on any atom is 0.316 e. The number of thiol groups is 1. The van der Waals surface area contributed by atoms with E-state index in [9.17, 15) is 0 Å². The molecule has 0 aromatic carbocycles. The molecule has 0 aliphatic rings. The largest absolute Gasteiger partial charge is 0.467 e. The molecule has 0 amide bonds. The van der Waals surface area contributed by atoms with Crippen molar-refractivity contribution in [1.82, 2.24) is 9.97 Å². The van der Waals surface area contributed by atoms with E-state index < -0.39 is 0 Å². The average molecular weight is 180 g/mol. The maximum absolute atomic E-state index is 4.79. The van der Waals surface area contributed by atoms with Gasteiger partial charge in [0.2, 0.25) is 0 Å².